The van der Waals surface area contributed by atoms with Crippen molar-refractivity contribution >= 4 is 5.71 Å². The summed E-state index contributed by atoms with van der Waals surface area (Å²) >= 11 is 0. The molecule has 0 aliphatic heterocycles. The minimum atomic E-state index is 0.380. The number of rotatable bonds is 5. The summed E-state index contributed by atoms with van der Waals surface area (Å²) in [6, 6.07) is 0. The van der Waals surface area contributed by atoms with E-state index in [1.807, 2.05) is 12.2 Å². The van der Waals surface area contributed by atoms with Gasteiger partial charge >= 0.3 is 0 Å². The van der Waals surface area contributed by atoms with Gasteiger partial charge in [0, 0.05) is 5.71 Å². The zero-order chi connectivity index (χ0) is 10.3. The van der Waals surface area contributed by atoms with E-state index in [1.165, 1.54) is 5.57 Å². The van der Waals surface area contributed by atoms with Gasteiger partial charge in [0.15, 0.2) is 0 Å². The summed E-state index contributed by atoms with van der Waals surface area (Å²) in [5, 5.41) is 7.71. The third kappa shape index (κ3) is 5.40. The molecule has 0 radical (unpaired) electrons. The van der Waals surface area contributed by atoms with Gasteiger partial charge in [0.05, 0.1) is 0 Å². The van der Waals surface area contributed by atoms with Crippen molar-refractivity contribution in [3.05, 3.63) is 23.8 Å². The first kappa shape index (κ1) is 12.2. The largest absolute Gasteiger partial charge is 0.305 e. The fourth-order valence-electron chi connectivity index (χ4n) is 0.995. The number of allylic oxidation sites excluding steroid dienone is 4. The molecule has 1 N–H and O–H groups in total. The highest BCUT2D eigenvalue weighted by atomic mass is 14.4. The van der Waals surface area contributed by atoms with Gasteiger partial charge in [0.25, 0.3) is 0 Å². The second-order valence-corrected chi connectivity index (χ2v) is 3.45. The van der Waals surface area contributed by atoms with Gasteiger partial charge in [-0.05, 0) is 31.8 Å². The van der Waals surface area contributed by atoms with E-state index in [0.29, 0.717) is 5.92 Å². The molecule has 0 amide bonds. The van der Waals surface area contributed by atoms with E-state index in [2.05, 4.69) is 33.8 Å². The van der Waals surface area contributed by atoms with E-state index in [4.69, 9.17) is 5.41 Å². The predicted molar refractivity (Wildman–Crippen MR) is 60.4 cm³/mol. The summed E-state index contributed by atoms with van der Waals surface area (Å²) in [5.41, 5.74) is 1.97. The maximum atomic E-state index is 7.71. The Bertz CT molecular complexity index is 211. The van der Waals surface area contributed by atoms with Crippen LogP contribution in [-0.2, 0) is 0 Å². The molecule has 0 saturated carbocycles. The van der Waals surface area contributed by atoms with Crippen molar-refractivity contribution < 1.29 is 0 Å². The molecule has 0 saturated heterocycles. The zero-order valence-electron chi connectivity index (χ0n) is 9.22. The van der Waals surface area contributed by atoms with Crippen molar-refractivity contribution in [1.29, 1.82) is 5.41 Å². The molecular formula is C12H21N. The summed E-state index contributed by atoms with van der Waals surface area (Å²) in [4.78, 5) is 0. The normalized spacial score (nSPS) is 14.9. The Hall–Kier alpha value is -0.850. The molecule has 0 rings (SSSR count). The third-order valence-corrected chi connectivity index (χ3v) is 2.20. The highest BCUT2D eigenvalue weighted by Gasteiger charge is 2.01. The summed E-state index contributed by atoms with van der Waals surface area (Å²) < 4.78 is 0. The quantitative estimate of drug-likeness (QED) is 0.488. The Kier molecular flexibility index (Phi) is 6.21. The second kappa shape index (κ2) is 6.64. The molecule has 0 heterocycles. The summed E-state index contributed by atoms with van der Waals surface area (Å²) in [6.45, 7) is 8.40. The number of hydrogen-bond acceptors (Lipinski definition) is 1. The van der Waals surface area contributed by atoms with Gasteiger partial charge in [-0.2, -0.15) is 0 Å². The molecular weight excluding hydrogens is 158 g/mol. The average Bonchev–Trinajstić information content (AvgIpc) is 2.13. The van der Waals surface area contributed by atoms with Gasteiger partial charge in [-0.25, -0.2) is 0 Å². The zero-order valence-corrected chi connectivity index (χ0v) is 9.22. The van der Waals surface area contributed by atoms with Gasteiger partial charge in [0.2, 0.25) is 0 Å². The van der Waals surface area contributed by atoms with Crippen LogP contribution in [0.15, 0.2) is 23.8 Å². The first-order chi connectivity index (χ1) is 6.11. The van der Waals surface area contributed by atoms with Crippen LogP contribution < -0.4 is 0 Å². The molecule has 13 heavy (non-hydrogen) atoms. The molecule has 0 bridgehead atoms. The standard InChI is InChI=1S/C12H21N/c1-5-7-10(3)8-9-12(13)11(4)6-2/h7-9,11,13H,5-6H2,1-4H3/b9-8-,10-7+,13-12?. The van der Waals surface area contributed by atoms with E-state index in [9.17, 15) is 0 Å². The fourth-order valence-corrected chi connectivity index (χ4v) is 0.995. The van der Waals surface area contributed by atoms with E-state index in [1.54, 1.807) is 0 Å². The molecule has 0 aliphatic carbocycles. The van der Waals surface area contributed by atoms with Crippen LogP contribution >= 0.6 is 0 Å². The van der Waals surface area contributed by atoms with Crippen molar-refractivity contribution in [3.8, 4) is 0 Å². The average molecular weight is 179 g/mol. The lowest BCUT2D eigenvalue weighted by Crippen LogP contribution is -2.04. The molecule has 1 nitrogen and oxygen atoms in total. The minimum Gasteiger partial charge on any atom is -0.305 e. The molecule has 0 fully saturated rings. The Balaban J connectivity index is 4.12. The van der Waals surface area contributed by atoms with Crippen molar-refractivity contribution in [1.82, 2.24) is 0 Å². The van der Waals surface area contributed by atoms with Gasteiger partial charge in [0.1, 0.15) is 0 Å². The van der Waals surface area contributed by atoms with Crippen LogP contribution in [0.4, 0.5) is 0 Å². The Labute approximate surface area is 82.1 Å². The van der Waals surface area contributed by atoms with Crippen LogP contribution in [0.25, 0.3) is 0 Å². The third-order valence-electron chi connectivity index (χ3n) is 2.20. The first-order valence-corrected chi connectivity index (χ1v) is 5.05. The highest BCUT2D eigenvalue weighted by molar-refractivity contribution is 5.94. The van der Waals surface area contributed by atoms with E-state index in [-0.39, 0.29) is 0 Å². The van der Waals surface area contributed by atoms with Crippen LogP contribution in [0.3, 0.4) is 0 Å². The van der Waals surface area contributed by atoms with Crippen molar-refractivity contribution in [2.75, 3.05) is 0 Å². The van der Waals surface area contributed by atoms with Gasteiger partial charge < -0.3 is 5.41 Å². The Morgan fingerprint density at radius 2 is 1.92 bits per heavy atom. The molecule has 1 heteroatoms. The van der Waals surface area contributed by atoms with Crippen molar-refractivity contribution in [3.63, 3.8) is 0 Å². The maximum Gasteiger partial charge on any atom is 0.0342 e. The van der Waals surface area contributed by atoms with E-state index >= 15 is 0 Å². The lowest BCUT2D eigenvalue weighted by atomic mass is 10.0. The molecule has 74 valence electrons. The number of hydrogen-bond donors (Lipinski definition) is 1. The number of nitrogens with one attached hydrogen (secondary N) is 1. The molecule has 1 atom stereocenters. The minimum absolute atomic E-state index is 0.380. The molecule has 0 aromatic heterocycles. The van der Waals surface area contributed by atoms with E-state index in [0.717, 1.165) is 18.6 Å². The van der Waals surface area contributed by atoms with Crippen molar-refractivity contribution in [2.45, 2.75) is 40.5 Å². The van der Waals surface area contributed by atoms with Gasteiger partial charge in [-0.15, -0.1) is 0 Å². The smallest absolute Gasteiger partial charge is 0.0342 e. The van der Waals surface area contributed by atoms with Crippen LogP contribution in [0.5, 0.6) is 0 Å². The monoisotopic (exact) mass is 179 g/mol. The van der Waals surface area contributed by atoms with Crippen LogP contribution in [0.1, 0.15) is 40.5 Å². The second-order valence-electron chi connectivity index (χ2n) is 3.45. The van der Waals surface area contributed by atoms with Crippen molar-refractivity contribution in [2.24, 2.45) is 5.92 Å². The Morgan fingerprint density at radius 1 is 1.31 bits per heavy atom. The molecule has 0 spiro atoms. The highest BCUT2D eigenvalue weighted by Crippen LogP contribution is 2.05. The fraction of sp³-hybridized carbons (Fsp3) is 0.583. The maximum absolute atomic E-state index is 7.71. The van der Waals surface area contributed by atoms with Gasteiger partial charge in [-0.1, -0.05) is 38.5 Å². The first-order valence-electron chi connectivity index (χ1n) is 5.05. The Morgan fingerprint density at radius 3 is 2.38 bits per heavy atom. The van der Waals surface area contributed by atoms with E-state index < -0.39 is 0 Å². The molecule has 1 unspecified atom stereocenters. The topological polar surface area (TPSA) is 23.9 Å². The lowest BCUT2D eigenvalue weighted by Gasteiger charge is -2.05. The summed E-state index contributed by atoms with van der Waals surface area (Å²) in [7, 11) is 0. The molecule has 0 aliphatic rings. The lowest BCUT2D eigenvalue weighted by molar-refractivity contribution is 0.738. The van der Waals surface area contributed by atoms with Crippen LogP contribution in [0, 0.1) is 11.3 Å². The summed E-state index contributed by atoms with van der Waals surface area (Å²) in [5.74, 6) is 0.380. The molecule has 0 aromatic carbocycles. The van der Waals surface area contributed by atoms with Gasteiger partial charge in [-0.3, -0.25) is 0 Å². The van der Waals surface area contributed by atoms with Crippen LogP contribution in [-0.4, -0.2) is 5.71 Å². The molecule has 0 aromatic rings. The van der Waals surface area contributed by atoms with Crippen LogP contribution in [0.2, 0.25) is 0 Å². The predicted octanol–water partition coefficient (Wildman–Crippen LogP) is 3.96. The summed E-state index contributed by atoms with van der Waals surface area (Å²) in [6.07, 6.45) is 8.21. The SMILES string of the molecule is CC/C=C(C)/C=C\C(=N)C(C)CC.